The summed E-state index contributed by atoms with van der Waals surface area (Å²) in [6.07, 6.45) is -3.43. The van der Waals surface area contributed by atoms with Gasteiger partial charge in [-0.3, -0.25) is 0 Å². The van der Waals surface area contributed by atoms with Crippen molar-refractivity contribution in [2.75, 3.05) is 25.5 Å². The predicted octanol–water partition coefficient (Wildman–Crippen LogP) is 3.46. The van der Waals surface area contributed by atoms with Crippen molar-refractivity contribution in [2.24, 2.45) is 11.7 Å². The lowest BCUT2D eigenvalue weighted by Crippen LogP contribution is -2.43. The summed E-state index contributed by atoms with van der Waals surface area (Å²) in [5, 5.41) is 8.08. The van der Waals surface area contributed by atoms with Crippen LogP contribution in [0.1, 0.15) is 19.2 Å². The summed E-state index contributed by atoms with van der Waals surface area (Å²) in [6.45, 7) is 3.00. The van der Waals surface area contributed by atoms with Crippen LogP contribution in [-0.2, 0) is 13.1 Å². The molecule has 1 fully saturated rings. The van der Waals surface area contributed by atoms with Gasteiger partial charge in [0.2, 0.25) is 11.7 Å². The Labute approximate surface area is 172 Å². The van der Waals surface area contributed by atoms with Crippen LogP contribution in [0.4, 0.5) is 18.9 Å². The molecule has 1 aromatic carbocycles. The van der Waals surface area contributed by atoms with Gasteiger partial charge in [-0.2, -0.15) is 18.2 Å². The molecule has 0 bridgehead atoms. The third-order valence-electron chi connectivity index (χ3n) is 5.60. The van der Waals surface area contributed by atoms with Crippen LogP contribution in [0.5, 0.6) is 0 Å². The zero-order valence-corrected chi connectivity index (χ0v) is 16.9. The second-order valence-electron chi connectivity index (χ2n) is 7.96. The molecule has 2 aromatic heterocycles. The van der Waals surface area contributed by atoms with Crippen LogP contribution in [0, 0.1) is 5.92 Å². The van der Waals surface area contributed by atoms with Crippen LogP contribution in [-0.4, -0.2) is 52.0 Å². The van der Waals surface area contributed by atoms with Crippen molar-refractivity contribution in [3.63, 3.8) is 0 Å². The second-order valence-corrected chi connectivity index (χ2v) is 7.96. The largest absolute Gasteiger partial charge is 0.406 e. The fraction of sp³-hybridized carbons (Fsp3) is 0.500. The summed E-state index contributed by atoms with van der Waals surface area (Å²) in [5.41, 5.74) is 7.03. The van der Waals surface area contributed by atoms with E-state index in [1.54, 1.807) is 18.2 Å². The number of piperidine rings is 1. The molecule has 0 aliphatic carbocycles. The molecule has 0 radical (unpaired) electrons. The molecule has 10 heteroatoms. The minimum Gasteiger partial charge on any atom is -0.381 e. The first kappa shape index (κ1) is 20.7. The fourth-order valence-corrected chi connectivity index (χ4v) is 4.16. The fourth-order valence-electron chi connectivity index (χ4n) is 4.16. The van der Waals surface area contributed by atoms with Crippen molar-refractivity contribution in [2.45, 2.75) is 38.7 Å². The van der Waals surface area contributed by atoms with Gasteiger partial charge in [0.15, 0.2) is 0 Å². The number of nitrogens with zero attached hydrogens (tertiary/aromatic N) is 4. The lowest BCUT2D eigenvalue weighted by Gasteiger charge is -2.36. The molecule has 0 unspecified atom stereocenters. The molecular formula is C20H25F3N6O. The summed E-state index contributed by atoms with van der Waals surface area (Å²) < 4.78 is 46.3. The molecule has 30 heavy (non-hydrogen) atoms. The number of hydrogen-bond donors (Lipinski definition) is 2. The van der Waals surface area contributed by atoms with Gasteiger partial charge >= 0.3 is 6.18 Å². The van der Waals surface area contributed by atoms with Crippen LogP contribution in [0.15, 0.2) is 28.8 Å². The Balaban J connectivity index is 1.77. The maximum absolute atomic E-state index is 13.3. The van der Waals surface area contributed by atoms with Gasteiger partial charge in [-0.05, 0) is 44.1 Å². The van der Waals surface area contributed by atoms with Gasteiger partial charge in [0, 0.05) is 23.7 Å². The number of nitrogens with one attached hydrogen (secondary N) is 1. The summed E-state index contributed by atoms with van der Waals surface area (Å²) in [5.74, 6) is 0.682. The number of nitrogens with two attached hydrogens (primary N) is 1. The molecule has 0 saturated carbocycles. The molecule has 3 heterocycles. The number of benzene rings is 1. The third kappa shape index (κ3) is 4.15. The smallest absolute Gasteiger partial charge is 0.381 e. The summed E-state index contributed by atoms with van der Waals surface area (Å²) in [6, 6.07) is 7.28. The van der Waals surface area contributed by atoms with E-state index in [1.807, 2.05) is 6.07 Å². The van der Waals surface area contributed by atoms with Crippen molar-refractivity contribution in [3.05, 3.63) is 30.2 Å². The Kier molecular flexibility index (Phi) is 5.46. The van der Waals surface area contributed by atoms with E-state index >= 15 is 0 Å². The van der Waals surface area contributed by atoms with Crippen LogP contribution in [0.25, 0.3) is 22.4 Å². The highest BCUT2D eigenvalue weighted by atomic mass is 19.4. The average molecular weight is 422 g/mol. The number of rotatable bonds is 5. The Morgan fingerprint density at radius 2 is 2.13 bits per heavy atom. The van der Waals surface area contributed by atoms with E-state index in [0.29, 0.717) is 16.8 Å². The number of alkyl halides is 3. The minimum absolute atomic E-state index is 0.0212. The highest BCUT2D eigenvalue weighted by Gasteiger charge is 2.31. The molecule has 1 aliphatic rings. The summed E-state index contributed by atoms with van der Waals surface area (Å²) in [4.78, 5) is 6.42. The maximum atomic E-state index is 13.3. The van der Waals surface area contributed by atoms with Gasteiger partial charge in [-0.1, -0.05) is 18.1 Å². The number of hydrogen-bond acceptors (Lipinski definition) is 6. The van der Waals surface area contributed by atoms with E-state index in [0.717, 1.165) is 25.2 Å². The van der Waals surface area contributed by atoms with Crippen LogP contribution in [0.3, 0.4) is 0 Å². The van der Waals surface area contributed by atoms with Gasteiger partial charge in [-0.15, -0.1) is 0 Å². The molecule has 2 atom stereocenters. The first-order valence-corrected chi connectivity index (χ1v) is 9.92. The molecule has 7 nitrogen and oxygen atoms in total. The molecule has 1 saturated heterocycles. The molecule has 0 amide bonds. The molecule has 3 N–H and O–H groups in total. The van der Waals surface area contributed by atoms with E-state index in [4.69, 9.17) is 10.3 Å². The SMILES string of the molecule is C[C@@H]1CN(C)CC[C@@H]1Nc1cccc2c1cc(-c1noc(CN)n1)n2CC(F)(F)F. The van der Waals surface area contributed by atoms with Gasteiger partial charge in [-0.25, -0.2) is 0 Å². The monoisotopic (exact) mass is 422 g/mol. The quantitative estimate of drug-likeness (QED) is 0.655. The van der Waals surface area contributed by atoms with E-state index in [2.05, 4.69) is 34.3 Å². The molecule has 1 aliphatic heterocycles. The van der Waals surface area contributed by atoms with Gasteiger partial charge < -0.3 is 25.0 Å². The van der Waals surface area contributed by atoms with E-state index in [-0.39, 0.29) is 30.0 Å². The van der Waals surface area contributed by atoms with Crippen molar-refractivity contribution in [1.29, 1.82) is 0 Å². The lowest BCUT2D eigenvalue weighted by atomic mass is 9.94. The van der Waals surface area contributed by atoms with Crippen LogP contribution < -0.4 is 11.1 Å². The predicted molar refractivity (Wildman–Crippen MR) is 108 cm³/mol. The van der Waals surface area contributed by atoms with Crippen LogP contribution >= 0.6 is 0 Å². The lowest BCUT2D eigenvalue weighted by molar-refractivity contribution is -0.139. The van der Waals surface area contributed by atoms with Gasteiger partial charge in [0.05, 0.1) is 17.8 Å². The molecule has 162 valence electrons. The summed E-state index contributed by atoms with van der Waals surface area (Å²) >= 11 is 0. The molecule has 3 aromatic rings. The van der Waals surface area contributed by atoms with E-state index in [9.17, 15) is 13.2 Å². The maximum Gasteiger partial charge on any atom is 0.406 e. The Bertz CT molecular complexity index is 1030. The Hall–Kier alpha value is -2.59. The average Bonchev–Trinajstić information content (AvgIpc) is 3.28. The Morgan fingerprint density at radius 1 is 1.33 bits per heavy atom. The third-order valence-corrected chi connectivity index (χ3v) is 5.60. The number of likely N-dealkylation sites (tertiary alicyclic amines) is 1. The normalized spacial score (nSPS) is 20.7. The molecule has 0 spiro atoms. The van der Waals surface area contributed by atoms with E-state index in [1.165, 1.54) is 4.57 Å². The van der Waals surface area contributed by atoms with E-state index < -0.39 is 12.7 Å². The first-order valence-electron chi connectivity index (χ1n) is 9.92. The number of anilines is 1. The molecule has 4 rings (SSSR count). The van der Waals surface area contributed by atoms with Crippen molar-refractivity contribution in [3.8, 4) is 11.5 Å². The van der Waals surface area contributed by atoms with Gasteiger partial charge in [0.25, 0.3) is 0 Å². The van der Waals surface area contributed by atoms with Crippen molar-refractivity contribution >= 4 is 16.6 Å². The number of aromatic nitrogens is 3. The molecular weight excluding hydrogens is 397 g/mol. The zero-order valence-electron chi connectivity index (χ0n) is 16.9. The van der Waals surface area contributed by atoms with Crippen LogP contribution in [0.2, 0.25) is 0 Å². The second kappa shape index (κ2) is 7.92. The zero-order chi connectivity index (χ0) is 21.5. The first-order chi connectivity index (χ1) is 14.2. The van der Waals surface area contributed by atoms with Gasteiger partial charge in [0.1, 0.15) is 6.54 Å². The summed E-state index contributed by atoms with van der Waals surface area (Å²) in [7, 11) is 2.09. The highest BCUT2D eigenvalue weighted by Crippen LogP contribution is 2.35. The Morgan fingerprint density at radius 3 is 2.80 bits per heavy atom. The number of halogens is 3. The van der Waals surface area contributed by atoms with Crippen molar-refractivity contribution in [1.82, 2.24) is 19.6 Å². The number of fused-ring (bicyclic) bond motifs is 1. The highest BCUT2D eigenvalue weighted by molar-refractivity contribution is 5.96. The topological polar surface area (TPSA) is 85.1 Å². The minimum atomic E-state index is -4.40. The standard InChI is InChI=1S/C20H25F3N6O/c1-12-10-28(2)7-6-14(12)25-15-4-3-5-16-13(15)8-17(29(16)11-20(21,22)23)19-26-18(9-24)30-27-19/h3-5,8,12,14,25H,6-7,9-11,24H2,1-2H3/t12-,14+/m1/s1. The van der Waals surface area contributed by atoms with Crippen molar-refractivity contribution < 1.29 is 17.7 Å².